The van der Waals surface area contributed by atoms with Gasteiger partial charge in [-0.1, -0.05) is 11.6 Å². The predicted molar refractivity (Wildman–Crippen MR) is 108 cm³/mol. The van der Waals surface area contributed by atoms with Crippen LogP contribution in [-0.2, 0) is 4.74 Å². The van der Waals surface area contributed by atoms with Crippen LogP contribution in [0.25, 0.3) is 10.8 Å². The third-order valence-corrected chi connectivity index (χ3v) is 5.15. The highest BCUT2D eigenvalue weighted by Gasteiger charge is 2.33. The van der Waals surface area contributed by atoms with Gasteiger partial charge in [0.2, 0.25) is 0 Å². The number of ether oxygens (including phenoxy) is 2. The van der Waals surface area contributed by atoms with Gasteiger partial charge in [0.05, 0.1) is 23.4 Å². The Kier molecular flexibility index (Phi) is 5.29. The Labute approximate surface area is 168 Å². The summed E-state index contributed by atoms with van der Waals surface area (Å²) >= 11 is 5.84. The van der Waals surface area contributed by atoms with Crippen molar-refractivity contribution in [2.75, 3.05) is 25.1 Å². The first kappa shape index (κ1) is 18.5. The molecule has 1 aromatic carbocycles. The smallest absolute Gasteiger partial charge is 0.138 e. The summed E-state index contributed by atoms with van der Waals surface area (Å²) in [6.45, 7) is 1.58. The number of pyridine rings is 2. The molecule has 0 spiro atoms. The first-order valence-electron chi connectivity index (χ1n) is 9.07. The molecule has 0 aliphatic carbocycles. The quantitative estimate of drug-likeness (QED) is 0.630. The molecule has 3 heterocycles. The summed E-state index contributed by atoms with van der Waals surface area (Å²) in [4.78, 5) is 8.50. The Hall–Kier alpha value is -2.88. The molecule has 4 rings (SSSR count). The largest absolute Gasteiger partial charge is 0.492 e. The Morgan fingerprint density at radius 1 is 1.18 bits per heavy atom. The van der Waals surface area contributed by atoms with E-state index in [1.165, 1.54) is 0 Å². The highest BCUT2D eigenvalue weighted by atomic mass is 35.5. The van der Waals surface area contributed by atoms with Crippen LogP contribution in [0.2, 0.25) is 5.15 Å². The van der Waals surface area contributed by atoms with E-state index < -0.39 is 5.41 Å². The molecule has 1 N–H and O–H groups in total. The van der Waals surface area contributed by atoms with Crippen LogP contribution in [0.3, 0.4) is 0 Å². The molecule has 6 nitrogen and oxygen atoms in total. The van der Waals surface area contributed by atoms with Gasteiger partial charge in [0.15, 0.2) is 0 Å². The second kappa shape index (κ2) is 8.01. The molecule has 0 radical (unpaired) electrons. The summed E-state index contributed by atoms with van der Waals surface area (Å²) in [5, 5.41) is 15.2. The van der Waals surface area contributed by atoms with Crippen molar-refractivity contribution < 1.29 is 9.47 Å². The van der Waals surface area contributed by atoms with E-state index in [1.54, 1.807) is 18.5 Å². The van der Waals surface area contributed by atoms with Crippen LogP contribution < -0.4 is 10.1 Å². The minimum atomic E-state index is -0.472. The topological polar surface area (TPSA) is 80.1 Å². The lowest BCUT2D eigenvalue weighted by atomic mass is 9.83. The minimum Gasteiger partial charge on any atom is -0.492 e. The summed E-state index contributed by atoms with van der Waals surface area (Å²) in [5.74, 6) is 1.46. The predicted octanol–water partition coefficient (Wildman–Crippen LogP) is 4.73. The number of nitrogens with zero attached hydrogens (tertiary/aromatic N) is 3. The average molecular weight is 395 g/mol. The summed E-state index contributed by atoms with van der Waals surface area (Å²) in [6.07, 6.45) is 4.80. The van der Waals surface area contributed by atoms with Crippen LogP contribution in [0.5, 0.6) is 5.75 Å². The monoisotopic (exact) mass is 394 g/mol. The lowest BCUT2D eigenvalue weighted by molar-refractivity contribution is 0.0191. The number of fused-ring (bicyclic) bond motifs is 1. The Bertz CT molecular complexity index is 1010. The first-order valence-corrected chi connectivity index (χ1v) is 9.44. The molecule has 3 aromatic rings. The fourth-order valence-corrected chi connectivity index (χ4v) is 3.32. The van der Waals surface area contributed by atoms with Crippen molar-refractivity contribution in [1.82, 2.24) is 9.97 Å². The van der Waals surface area contributed by atoms with Gasteiger partial charge in [-0.3, -0.25) is 0 Å². The molecule has 1 fully saturated rings. The normalized spacial score (nSPS) is 15.7. The Balaban J connectivity index is 1.53. The Morgan fingerprint density at radius 3 is 2.79 bits per heavy atom. The molecular weight excluding hydrogens is 376 g/mol. The zero-order valence-electron chi connectivity index (χ0n) is 15.2. The fraction of sp³-hybridized carbons (Fsp3) is 0.286. The zero-order chi connectivity index (χ0) is 19.4. The average Bonchev–Trinajstić information content (AvgIpc) is 2.74. The van der Waals surface area contributed by atoms with Crippen molar-refractivity contribution in [3.63, 3.8) is 0 Å². The zero-order valence-corrected chi connectivity index (χ0v) is 15.9. The maximum atomic E-state index is 9.57. The number of aromatic nitrogens is 2. The fourth-order valence-electron chi connectivity index (χ4n) is 3.20. The molecule has 0 bridgehead atoms. The number of nitrogens with one attached hydrogen (secondary N) is 1. The lowest BCUT2D eigenvalue weighted by Crippen LogP contribution is -2.33. The standard InChI is InChI=1S/C21H19ClN4O2/c22-19-4-1-16(12-25-19)26-20-18-3-2-17(11-15(18)5-8-24-20)28-14-21(13-23)6-9-27-10-7-21/h1-5,8,11-12H,6-7,9-10,14H2,(H,24,26). The highest BCUT2D eigenvalue weighted by molar-refractivity contribution is 6.29. The summed E-state index contributed by atoms with van der Waals surface area (Å²) in [6, 6.07) is 13.8. The molecule has 0 amide bonds. The Morgan fingerprint density at radius 2 is 2.04 bits per heavy atom. The van der Waals surface area contributed by atoms with E-state index in [1.807, 2.05) is 30.3 Å². The van der Waals surface area contributed by atoms with E-state index in [9.17, 15) is 5.26 Å². The number of hydrogen-bond donors (Lipinski definition) is 1. The van der Waals surface area contributed by atoms with Gasteiger partial charge in [-0.25, -0.2) is 9.97 Å². The van der Waals surface area contributed by atoms with Crippen molar-refractivity contribution in [2.45, 2.75) is 12.8 Å². The van der Waals surface area contributed by atoms with Crippen LogP contribution in [0.1, 0.15) is 12.8 Å². The molecule has 1 aliphatic heterocycles. The van der Waals surface area contributed by atoms with Gasteiger partial charge in [-0.15, -0.1) is 0 Å². The third kappa shape index (κ3) is 4.01. The van der Waals surface area contributed by atoms with Gasteiger partial charge in [-0.2, -0.15) is 5.26 Å². The summed E-state index contributed by atoms with van der Waals surface area (Å²) in [5.41, 5.74) is 0.333. The van der Waals surface area contributed by atoms with E-state index in [4.69, 9.17) is 21.1 Å². The number of halogens is 1. The van der Waals surface area contributed by atoms with Crippen molar-refractivity contribution in [2.24, 2.45) is 5.41 Å². The molecule has 2 aromatic heterocycles. The van der Waals surface area contributed by atoms with Crippen molar-refractivity contribution in [3.05, 3.63) is 53.9 Å². The van der Waals surface area contributed by atoms with Gasteiger partial charge in [0, 0.05) is 24.8 Å². The van der Waals surface area contributed by atoms with Gasteiger partial charge in [0.25, 0.3) is 0 Å². The lowest BCUT2D eigenvalue weighted by Gasteiger charge is -2.30. The number of anilines is 2. The maximum Gasteiger partial charge on any atom is 0.138 e. The van der Waals surface area contributed by atoms with E-state index in [0.717, 1.165) is 28.0 Å². The number of hydrogen-bond acceptors (Lipinski definition) is 6. The molecular formula is C21H19ClN4O2. The number of rotatable bonds is 5. The first-order chi connectivity index (χ1) is 13.7. The second-order valence-electron chi connectivity index (χ2n) is 6.83. The van der Waals surface area contributed by atoms with E-state index >= 15 is 0 Å². The third-order valence-electron chi connectivity index (χ3n) is 4.93. The van der Waals surface area contributed by atoms with Gasteiger partial charge in [-0.05, 0) is 54.6 Å². The molecule has 28 heavy (non-hydrogen) atoms. The maximum absolute atomic E-state index is 9.57. The van der Waals surface area contributed by atoms with E-state index in [0.29, 0.717) is 37.8 Å². The van der Waals surface area contributed by atoms with Crippen LogP contribution in [0.15, 0.2) is 48.8 Å². The van der Waals surface area contributed by atoms with E-state index in [2.05, 4.69) is 21.4 Å². The summed E-state index contributed by atoms with van der Waals surface area (Å²) in [7, 11) is 0. The molecule has 1 aliphatic rings. The van der Waals surface area contributed by atoms with Crippen LogP contribution >= 0.6 is 11.6 Å². The minimum absolute atomic E-state index is 0.366. The van der Waals surface area contributed by atoms with Crippen LogP contribution in [0.4, 0.5) is 11.5 Å². The molecule has 7 heteroatoms. The number of benzene rings is 1. The highest BCUT2D eigenvalue weighted by Crippen LogP contribution is 2.32. The van der Waals surface area contributed by atoms with Crippen LogP contribution in [0, 0.1) is 16.7 Å². The van der Waals surface area contributed by atoms with Crippen molar-refractivity contribution >= 4 is 33.9 Å². The SMILES string of the molecule is N#CC1(COc2ccc3c(Nc4ccc(Cl)nc4)nccc3c2)CCOCC1. The van der Waals surface area contributed by atoms with Gasteiger partial charge in [0.1, 0.15) is 23.3 Å². The molecule has 142 valence electrons. The van der Waals surface area contributed by atoms with Gasteiger partial charge < -0.3 is 14.8 Å². The second-order valence-corrected chi connectivity index (χ2v) is 7.22. The van der Waals surface area contributed by atoms with Crippen molar-refractivity contribution in [3.8, 4) is 11.8 Å². The van der Waals surface area contributed by atoms with E-state index in [-0.39, 0.29) is 0 Å². The summed E-state index contributed by atoms with van der Waals surface area (Å²) < 4.78 is 11.3. The molecule has 0 unspecified atom stereocenters. The molecule has 0 saturated carbocycles. The molecule has 1 saturated heterocycles. The molecule has 0 atom stereocenters. The number of nitriles is 1. The van der Waals surface area contributed by atoms with Crippen LogP contribution in [-0.4, -0.2) is 29.8 Å². The van der Waals surface area contributed by atoms with Gasteiger partial charge >= 0.3 is 0 Å². The van der Waals surface area contributed by atoms with Crippen molar-refractivity contribution in [1.29, 1.82) is 5.26 Å².